The monoisotopic (exact) mass is 85.0 g/mol. The Hall–Kier alpha value is -0.500. The third-order valence-corrected chi connectivity index (χ3v) is 0.655. The standard InChI is InChI=1S/C4H5O2/c5-4-2-1-3-6-4/h1,3-4H,2H2. The van der Waals surface area contributed by atoms with Gasteiger partial charge in [0.05, 0.1) is 6.26 Å². The summed E-state index contributed by atoms with van der Waals surface area (Å²) in [7, 11) is 0. The summed E-state index contributed by atoms with van der Waals surface area (Å²) in [6.07, 6.45) is 2.87. The summed E-state index contributed by atoms with van der Waals surface area (Å²) in [5.74, 6) is 0. The lowest BCUT2D eigenvalue weighted by Gasteiger charge is -1.92. The molecule has 0 aromatic rings. The minimum absolute atomic E-state index is 0.528. The molecule has 0 bridgehead atoms. The Balaban J connectivity index is 2.32. The van der Waals surface area contributed by atoms with Gasteiger partial charge >= 0.3 is 0 Å². The average molecular weight is 85.1 g/mol. The first kappa shape index (κ1) is 3.68. The second kappa shape index (κ2) is 1.30. The lowest BCUT2D eigenvalue weighted by Crippen LogP contribution is -1.96. The Labute approximate surface area is 36.0 Å². The Bertz CT molecular complexity index is 59.9. The second-order valence-corrected chi connectivity index (χ2v) is 1.17. The Morgan fingerprint density at radius 1 is 1.83 bits per heavy atom. The molecule has 0 aromatic heterocycles. The van der Waals surface area contributed by atoms with Gasteiger partial charge in [-0.25, -0.2) is 0 Å². The molecule has 0 saturated carbocycles. The first-order valence-corrected chi connectivity index (χ1v) is 1.86. The summed E-state index contributed by atoms with van der Waals surface area (Å²) in [5.41, 5.74) is 0. The Morgan fingerprint density at radius 3 is 2.83 bits per heavy atom. The van der Waals surface area contributed by atoms with Gasteiger partial charge in [0, 0.05) is 6.42 Å². The van der Waals surface area contributed by atoms with Crippen LogP contribution in [0.2, 0.25) is 0 Å². The molecule has 1 rings (SSSR count). The highest BCUT2D eigenvalue weighted by Gasteiger charge is 2.04. The van der Waals surface area contributed by atoms with Gasteiger partial charge in [-0.2, -0.15) is 5.11 Å². The fourth-order valence-corrected chi connectivity index (χ4v) is 0.365. The molecular formula is C4H5O2. The lowest BCUT2D eigenvalue weighted by molar-refractivity contribution is -0.0832. The summed E-state index contributed by atoms with van der Waals surface area (Å²) in [6, 6.07) is 0. The average Bonchev–Trinajstić information content (AvgIpc) is 1.86. The molecule has 1 aliphatic heterocycles. The maximum absolute atomic E-state index is 10.0. The molecule has 0 spiro atoms. The van der Waals surface area contributed by atoms with Crippen molar-refractivity contribution in [2.75, 3.05) is 0 Å². The third-order valence-electron chi connectivity index (χ3n) is 0.655. The minimum atomic E-state index is -0.815. The fraction of sp³-hybridized carbons (Fsp3) is 0.500. The highest BCUT2D eigenvalue weighted by atomic mass is 16.6. The molecule has 2 heteroatoms. The van der Waals surface area contributed by atoms with Crippen molar-refractivity contribution in [3.05, 3.63) is 12.3 Å². The van der Waals surface area contributed by atoms with E-state index in [-0.39, 0.29) is 0 Å². The van der Waals surface area contributed by atoms with Crippen LogP contribution in [0.5, 0.6) is 0 Å². The van der Waals surface area contributed by atoms with Gasteiger partial charge in [0.2, 0.25) is 6.29 Å². The molecule has 1 unspecified atom stereocenters. The van der Waals surface area contributed by atoms with Gasteiger partial charge in [0.1, 0.15) is 0 Å². The van der Waals surface area contributed by atoms with E-state index in [1.165, 1.54) is 6.26 Å². The van der Waals surface area contributed by atoms with E-state index in [4.69, 9.17) is 0 Å². The number of rotatable bonds is 0. The van der Waals surface area contributed by atoms with Gasteiger partial charge in [-0.1, -0.05) is 0 Å². The van der Waals surface area contributed by atoms with Crippen LogP contribution in [0.1, 0.15) is 6.42 Å². The maximum Gasteiger partial charge on any atom is 0.233 e. The molecule has 1 radical (unpaired) electrons. The quantitative estimate of drug-likeness (QED) is 0.425. The van der Waals surface area contributed by atoms with Crippen molar-refractivity contribution in [1.29, 1.82) is 0 Å². The Kier molecular flexibility index (Phi) is 0.801. The van der Waals surface area contributed by atoms with Crippen molar-refractivity contribution in [1.82, 2.24) is 0 Å². The van der Waals surface area contributed by atoms with E-state index >= 15 is 0 Å². The van der Waals surface area contributed by atoms with Crippen molar-refractivity contribution >= 4 is 0 Å². The van der Waals surface area contributed by atoms with Gasteiger partial charge < -0.3 is 4.74 Å². The second-order valence-electron chi connectivity index (χ2n) is 1.17. The zero-order valence-corrected chi connectivity index (χ0v) is 3.26. The van der Waals surface area contributed by atoms with Crippen LogP contribution < -0.4 is 0 Å². The smallest absolute Gasteiger partial charge is 0.233 e. The van der Waals surface area contributed by atoms with Gasteiger partial charge in [-0.3, -0.25) is 0 Å². The zero-order chi connectivity index (χ0) is 4.41. The van der Waals surface area contributed by atoms with E-state index in [0.29, 0.717) is 6.42 Å². The number of hydrogen-bond donors (Lipinski definition) is 0. The summed E-state index contributed by atoms with van der Waals surface area (Å²) in [5, 5.41) is 10.0. The van der Waals surface area contributed by atoms with Crippen LogP contribution in [-0.4, -0.2) is 6.29 Å². The van der Waals surface area contributed by atoms with E-state index < -0.39 is 6.29 Å². The molecule has 33 valence electrons. The fourth-order valence-electron chi connectivity index (χ4n) is 0.365. The van der Waals surface area contributed by atoms with Crippen molar-refractivity contribution in [3.63, 3.8) is 0 Å². The first-order chi connectivity index (χ1) is 2.89. The zero-order valence-electron chi connectivity index (χ0n) is 3.26. The molecule has 0 amide bonds. The highest BCUT2D eigenvalue weighted by Crippen LogP contribution is 2.03. The summed E-state index contributed by atoms with van der Waals surface area (Å²) >= 11 is 0. The first-order valence-electron chi connectivity index (χ1n) is 1.86. The molecule has 0 N–H and O–H groups in total. The van der Waals surface area contributed by atoms with Gasteiger partial charge in [0.25, 0.3) is 0 Å². The van der Waals surface area contributed by atoms with Gasteiger partial charge in [0.15, 0.2) is 0 Å². The third kappa shape index (κ3) is 0.518. The predicted octanol–water partition coefficient (Wildman–Crippen LogP) is 0.677. The maximum atomic E-state index is 10.0. The molecule has 2 nitrogen and oxygen atoms in total. The van der Waals surface area contributed by atoms with E-state index in [0.717, 1.165) is 0 Å². The minimum Gasteiger partial charge on any atom is -0.470 e. The normalized spacial score (nSPS) is 30.5. The van der Waals surface area contributed by atoms with Crippen LogP contribution in [0.4, 0.5) is 0 Å². The predicted molar refractivity (Wildman–Crippen MR) is 19.3 cm³/mol. The van der Waals surface area contributed by atoms with Crippen molar-refractivity contribution in [3.8, 4) is 0 Å². The molecule has 1 aliphatic rings. The molecule has 1 atom stereocenters. The molecule has 0 fully saturated rings. The van der Waals surface area contributed by atoms with Crippen LogP contribution in [0.3, 0.4) is 0 Å². The molecule has 0 saturated heterocycles. The topological polar surface area (TPSA) is 29.1 Å². The SMILES string of the molecule is [O]C1CC=CO1. The summed E-state index contributed by atoms with van der Waals surface area (Å²) in [6.45, 7) is 0. The van der Waals surface area contributed by atoms with Crippen LogP contribution in [0, 0.1) is 0 Å². The number of hydrogen-bond acceptors (Lipinski definition) is 1. The summed E-state index contributed by atoms with van der Waals surface area (Å²) in [4.78, 5) is 0. The van der Waals surface area contributed by atoms with E-state index in [9.17, 15) is 5.11 Å². The van der Waals surface area contributed by atoms with E-state index in [2.05, 4.69) is 4.74 Å². The summed E-state index contributed by atoms with van der Waals surface area (Å²) < 4.78 is 4.42. The largest absolute Gasteiger partial charge is 0.470 e. The van der Waals surface area contributed by atoms with Crippen LogP contribution >= 0.6 is 0 Å². The van der Waals surface area contributed by atoms with E-state index in [1.807, 2.05) is 0 Å². The Morgan fingerprint density at radius 2 is 2.67 bits per heavy atom. The van der Waals surface area contributed by atoms with Crippen molar-refractivity contribution < 1.29 is 9.84 Å². The van der Waals surface area contributed by atoms with Crippen LogP contribution in [0.25, 0.3) is 0 Å². The van der Waals surface area contributed by atoms with Crippen LogP contribution in [0.15, 0.2) is 12.3 Å². The molecular weight excluding hydrogens is 80.0 g/mol. The van der Waals surface area contributed by atoms with Crippen molar-refractivity contribution in [2.45, 2.75) is 12.7 Å². The molecule has 0 aromatic carbocycles. The lowest BCUT2D eigenvalue weighted by atomic mass is 10.5. The van der Waals surface area contributed by atoms with Gasteiger partial charge in [-0.05, 0) is 6.08 Å². The molecule has 1 heterocycles. The molecule has 6 heavy (non-hydrogen) atoms. The van der Waals surface area contributed by atoms with Crippen molar-refractivity contribution in [2.24, 2.45) is 0 Å². The van der Waals surface area contributed by atoms with E-state index in [1.54, 1.807) is 6.08 Å². The number of ether oxygens (including phenoxy) is 1. The van der Waals surface area contributed by atoms with Crippen LogP contribution in [-0.2, 0) is 9.84 Å². The highest BCUT2D eigenvalue weighted by molar-refractivity contribution is 4.81. The molecule has 0 aliphatic carbocycles. The van der Waals surface area contributed by atoms with Gasteiger partial charge in [-0.15, -0.1) is 0 Å².